The van der Waals surface area contributed by atoms with Crippen molar-refractivity contribution in [1.29, 1.82) is 0 Å². The van der Waals surface area contributed by atoms with Crippen LogP contribution in [-0.4, -0.2) is 45.2 Å². The molecule has 2 aromatic carbocycles. The Morgan fingerprint density at radius 2 is 1.96 bits per heavy atom. The minimum absolute atomic E-state index is 0.0711. The van der Waals surface area contributed by atoms with Crippen molar-refractivity contribution in [2.24, 2.45) is 0 Å². The minimum atomic E-state index is -0.0740. The fourth-order valence-electron chi connectivity index (χ4n) is 2.55. The van der Waals surface area contributed by atoms with Crippen LogP contribution < -0.4 is 4.74 Å². The van der Waals surface area contributed by atoms with E-state index in [1.54, 1.807) is 31.2 Å². The Hall–Kier alpha value is -3.22. The number of aromatic nitrogens is 4. The Labute approximate surface area is 145 Å². The molecule has 0 aliphatic heterocycles. The standard InChI is InChI=1S/C18H19N5O2/c1-13(14-7-9-17(25-3)10-8-14)22(2)18(24)15-5-4-6-16(11-15)23-12-19-20-21-23/h4-13H,1-3H3. The van der Waals surface area contributed by atoms with E-state index in [2.05, 4.69) is 15.5 Å². The molecule has 1 unspecified atom stereocenters. The van der Waals surface area contributed by atoms with Crippen LogP contribution in [0.25, 0.3) is 5.69 Å². The van der Waals surface area contributed by atoms with E-state index in [4.69, 9.17) is 4.74 Å². The van der Waals surface area contributed by atoms with E-state index in [9.17, 15) is 4.79 Å². The van der Waals surface area contributed by atoms with Gasteiger partial charge in [-0.15, -0.1) is 5.10 Å². The Morgan fingerprint density at radius 1 is 1.20 bits per heavy atom. The molecule has 3 aromatic rings. The summed E-state index contributed by atoms with van der Waals surface area (Å²) in [6, 6.07) is 14.9. The summed E-state index contributed by atoms with van der Waals surface area (Å²) in [4.78, 5) is 14.6. The van der Waals surface area contributed by atoms with E-state index < -0.39 is 0 Å². The average molecular weight is 337 g/mol. The molecule has 0 spiro atoms. The topological polar surface area (TPSA) is 73.1 Å². The second-order valence-electron chi connectivity index (χ2n) is 5.67. The van der Waals surface area contributed by atoms with Gasteiger partial charge in [0, 0.05) is 12.6 Å². The molecule has 0 fully saturated rings. The van der Waals surface area contributed by atoms with E-state index in [0.717, 1.165) is 17.0 Å². The number of carbonyl (C=O) groups excluding carboxylic acids is 1. The van der Waals surface area contributed by atoms with Crippen LogP contribution in [0.2, 0.25) is 0 Å². The van der Waals surface area contributed by atoms with Crippen LogP contribution in [-0.2, 0) is 0 Å². The van der Waals surface area contributed by atoms with Crippen molar-refractivity contribution in [1.82, 2.24) is 25.1 Å². The summed E-state index contributed by atoms with van der Waals surface area (Å²) in [5, 5.41) is 11.1. The first-order valence-corrected chi connectivity index (χ1v) is 7.84. The predicted octanol–water partition coefficient (Wildman–Crippen LogP) is 2.50. The summed E-state index contributed by atoms with van der Waals surface area (Å²) in [6.45, 7) is 1.99. The van der Waals surface area contributed by atoms with E-state index in [0.29, 0.717) is 5.56 Å². The van der Waals surface area contributed by atoms with Gasteiger partial charge in [-0.05, 0) is 53.2 Å². The third-order valence-corrected chi connectivity index (χ3v) is 4.21. The summed E-state index contributed by atoms with van der Waals surface area (Å²) in [5.41, 5.74) is 2.35. The molecule has 1 heterocycles. The van der Waals surface area contributed by atoms with Crippen LogP contribution in [0, 0.1) is 0 Å². The molecule has 1 aromatic heterocycles. The van der Waals surface area contributed by atoms with Gasteiger partial charge in [-0.2, -0.15) is 0 Å². The normalized spacial score (nSPS) is 11.8. The van der Waals surface area contributed by atoms with Crippen LogP contribution >= 0.6 is 0 Å². The maximum atomic E-state index is 12.8. The number of hydrogen-bond donors (Lipinski definition) is 0. The highest BCUT2D eigenvalue weighted by Gasteiger charge is 2.19. The third-order valence-electron chi connectivity index (χ3n) is 4.21. The molecule has 1 atom stereocenters. The molecule has 0 saturated heterocycles. The van der Waals surface area contributed by atoms with E-state index in [1.165, 1.54) is 11.0 Å². The van der Waals surface area contributed by atoms with E-state index >= 15 is 0 Å². The fraction of sp³-hybridized carbons (Fsp3) is 0.222. The SMILES string of the molecule is COc1ccc(C(C)N(C)C(=O)c2cccc(-n3cnnn3)c2)cc1. The Morgan fingerprint density at radius 3 is 2.60 bits per heavy atom. The first-order valence-electron chi connectivity index (χ1n) is 7.84. The number of ether oxygens (including phenoxy) is 1. The van der Waals surface area contributed by atoms with E-state index in [-0.39, 0.29) is 11.9 Å². The highest BCUT2D eigenvalue weighted by molar-refractivity contribution is 5.94. The van der Waals surface area contributed by atoms with Crippen molar-refractivity contribution in [2.45, 2.75) is 13.0 Å². The molecule has 7 heteroatoms. The second-order valence-corrected chi connectivity index (χ2v) is 5.67. The van der Waals surface area contributed by atoms with Gasteiger partial charge < -0.3 is 9.64 Å². The summed E-state index contributed by atoms with van der Waals surface area (Å²) in [7, 11) is 3.42. The number of nitrogens with zero attached hydrogens (tertiary/aromatic N) is 5. The van der Waals surface area contributed by atoms with Crippen LogP contribution in [0.15, 0.2) is 54.9 Å². The quantitative estimate of drug-likeness (QED) is 0.715. The highest BCUT2D eigenvalue weighted by atomic mass is 16.5. The molecule has 0 N–H and O–H groups in total. The largest absolute Gasteiger partial charge is 0.497 e. The second kappa shape index (κ2) is 7.12. The van der Waals surface area contributed by atoms with Gasteiger partial charge >= 0.3 is 0 Å². The maximum Gasteiger partial charge on any atom is 0.254 e. The van der Waals surface area contributed by atoms with Crippen LogP contribution in [0.1, 0.15) is 28.9 Å². The lowest BCUT2D eigenvalue weighted by molar-refractivity contribution is 0.0742. The van der Waals surface area contributed by atoms with Crippen molar-refractivity contribution in [3.8, 4) is 11.4 Å². The number of tetrazole rings is 1. The molecule has 128 valence electrons. The Balaban J connectivity index is 1.80. The molecule has 3 rings (SSSR count). The van der Waals surface area contributed by atoms with Crippen LogP contribution in [0.4, 0.5) is 0 Å². The zero-order valence-electron chi connectivity index (χ0n) is 14.3. The van der Waals surface area contributed by atoms with Crippen LogP contribution in [0.3, 0.4) is 0 Å². The molecular formula is C18H19N5O2. The Kier molecular flexibility index (Phi) is 4.74. The number of amides is 1. The van der Waals surface area contributed by atoms with Gasteiger partial charge in [0.2, 0.25) is 0 Å². The lowest BCUT2D eigenvalue weighted by Gasteiger charge is -2.25. The lowest BCUT2D eigenvalue weighted by atomic mass is 10.1. The molecule has 0 bridgehead atoms. The number of hydrogen-bond acceptors (Lipinski definition) is 5. The molecule has 0 aliphatic rings. The average Bonchev–Trinajstić information content (AvgIpc) is 3.21. The van der Waals surface area contributed by atoms with Gasteiger partial charge in [-0.1, -0.05) is 18.2 Å². The number of benzene rings is 2. The van der Waals surface area contributed by atoms with Crippen molar-refractivity contribution in [2.75, 3.05) is 14.2 Å². The summed E-state index contributed by atoms with van der Waals surface area (Å²) >= 11 is 0. The third kappa shape index (κ3) is 3.50. The van der Waals surface area contributed by atoms with Gasteiger partial charge in [0.15, 0.2) is 0 Å². The number of methoxy groups -OCH3 is 1. The summed E-state index contributed by atoms with van der Waals surface area (Å²) in [6.07, 6.45) is 1.49. The lowest BCUT2D eigenvalue weighted by Crippen LogP contribution is -2.29. The number of rotatable bonds is 5. The smallest absolute Gasteiger partial charge is 0.254 e. The molecular weight excluding hydrogens is 318 g/mol. The fourth-order valence-corrected chi connectivity index (χ4v) is 2.55. The van der Waals surface area contributed by atoms with Gasteiger partial charge in [0.05, 0.1) is 18.8 Å². The van der Waals surface area contributed by atoms with Crippen molar-refractivity contribution < 1.29 is 9.53 Å². The maximum absolute atomic E-state index is 12.8. The van der Waals surface area contributed by atoms with Crippen molar-refractivity contribution in [3.63, 3.8) is 0 Å². The van der Waals surface area contributed by atoms with Crippen molar-refractivity contribution >= 4 is 5.91 Å². The molecule has 0 radical (unpaired) electrons. The first-order chi connectivity index (χ1) is 12.1. The summed E-state index contributed by atoms with van der Waals surface area (Å²) in [5.74, 6) is 0.720. The van der Waals surface area contributed by atoms with Crippen LogP contribution in [0.5, 0.6) is 5.75 Å². The van der Waals surface area contributed by atoms with Crippen molar-refractivity contribution in [3.05, 3.63) is 66.0 Å². The van der Waals surface area contributed by atoms with Gasteiger partial charge in [0.1, 0.15) is 12.1 Å². The molecule has 0 aliphatic carbocycles. The summed E-state index contributed by atoms with van der Waals surface area (Å²) < 4.78 is 6.69. The molecule has 0 saturated carbocycles. The monoisotopic (exact) mass is 337 g/mol. The van der Waals surface area contributed by atoms with Gasteiger partial charge in [-0.25, -0.2) is 4.68 Å². The molecule has 25 heavy (non-hydrogen) atoms. The number of carbonyl (C=O) groups is 1. The van der Waals surface area contributed by atoms with Gasteiger partial charge in [-0.3, -0.25) is 4.79 Å². The first kappa shape index (κ1) is 16.6. The minimum Gasteiger partial charge on any atom is -0.497 e. The Bertz CT molecular complexity index is 846. The predicted molar refractivity (Wildman–Crippen MR) is 92.7 cm³/mol. The zero-order valence-corrected chi connectivity index (χ0v) is 14.3. The highest BCUT2D eigenvalue weighted by Crippen LogP contribution is 2.23. The molecule has 1 amide bonds. The van der Waals surface area contributed by atoms with E-state index in [1.807, 2.05) is 43.3 Å². The zero-order chi connectivity index (χ0) is 17.8. The van der Waals surface area contributed by atoms with Gasteiger partial charge in [0.25, 0.3) is 5.91 Å². The molecule has 7 nitrogen and oxygen atoms in total.